The molecule has 0 saturated heterocycles. The Kier molecular flexibility index (Phi) is 6.36. The van der Waals surface area contributed by atoms with Gasteiger partial charge in [-0.05, 0) is 31.5 Å². The second-order valence-corrected chi connectivity index (χ2v) is 9.84. The number of nitrogens with zero attached hydrogens (tertiary/aromatic N) is 3. The Morgan fingerprint density at radius 2 is 2.09 bits per heavy atom. The zero-order valence-corrected chi connectivity index (χ0v) is 18.9. The molecule has 0 aromatic carbocycles. The Balaban J connectivity index is 1.48. The molecule has 0 bridgehead atoms. The Morgan fingerprint density at radius 1 is 1.34 bits per heavy atom. The van der Waals surface area contributed by atoms with Crippen LogP contribution in [0.1, 0.15) is 29.4 Å². The van der Waals surface area contributed by atoms with Crippen molar-refractivity contribution in [3.63, 3.8) is 0 Å². The SMILES string of the molecule is C[C@]1(c2cc(NC(=O)c3ccc(OCC(F)(F)C(F)F)cn3)cnc2F)N=C(N)S[C@@]2(CF)C[C@H]21. The van der Waals surface area contributed by atoms with E-state index in [0.717, 1.165) is 36.3 Å². The Morgan fingerprint density at radius 3 is 2.71 bits per heavy atom. The smallest absolute Gasteiger partial charge is 0.340 e. The molecule has 2 aliphatic rings. The largest absolute Gasteiger partial charge is 0.485 e. The van der Waals surface area contributed by atoms with E-state index in [9.17, 15) is 31.1 Å². The van der Waals surface area contributed by atoms with Crippen molar-refractivity contribution >= 4 is 28.5 Å². The van der Waals surface area contributed by atoms with Gasteiger partial charge < -0.3 is 15.8 Å². The minimum Gasteiger partial charge on any atom is -0.485 e. The minimum atomic E-state index is -4.34. The predicted molar refractivity (Wildman–Crippen MR) is 116 cm³/mol. The summed E-state index contributed by atoms with van der Waals surface area (Å²) in [6.45, 7) is -0.577. The van der Waals surface area contributed by atoms with Crippen LogP contribution in [0.5, 0.6) is 5.75 Å². The Hall–Kier alpha value is -3.03. The fourth-order valence-electron chi connectivity index (χ4n) is 3.98. The molecular weight excluding hydrogens is 500 g/mol. The molecule has 1 aliphatic carbocycles. The summed E-state index contributed by atoms with van der Waals surface area (Å²) >= 11 is 1.13. The highest BCUT2D eigenvalue weighted by Crippen LogP contribution is 2.66. The maximum Gasteiger partial charge on any atom is 0.340 e. The summed E-state index contributed by atoms with van der Waals surface area (Å²) in [5, 5.41) is 2.62. The summed E-state index contributed by atoms with van der Waals surface area (Å²) in [6, 6.07) is 3.57. The molecule has 0 unspecified atom stereocenters. The third-order valence-corrected chi connectivity index (χ3v) is 7.21. The molecule has 1 saturated carbocycles. The van der Waals surface area contributed by atoms with Crippen molar-refractivity contribution in [3.05, 3.63) is 47.8 Å². The van der Waals surface area contributed by atoms with E-state index in [2.05, 4.69) is 25.0 Å². The molecule has 14 heteroatoms. The molecular formula is C21H19F6N5O2S. The number of carbonyl (C=O) groups excluding carboxylic acids is 1. The number of anilines is 1. The summed E-state index contributed by atoms with van der Waals surface area (Å²) in [5.41, 5.74) is 4.67. The highest BCUT2D eigenvalue weighted by atomic mass is 32.2. The molecule has 1 amide bonds. The van der Waals surface area contributed by atoms with Crippen LogP contribution in [0.25, 0.3) is 0 Å². The van der Waals surface area contributed by atoms with Crippen LogP contribution in [0.3, 0.4) is 0 Å². The molecule has 3 N–H and O–H groups in total. The first-order valence-corrected chi connectivity index (χ1v) is 11.0. The van der Waals surface area contributed by atoms with Gasteiger partial charge in [-0.1, -0.05) is 11.8 Å². The van der Waals surface area contributed by atoms with Crippen LogP contribution >= 0.6 is 11.8 Å². The highest BCUT2D eigenvalue weighted by Gasteiger charge is 2.67. The number of halogens is 6. The number of amidine groups is 1. The lowest BCUT2D eigenvalue weighted by atomic mass is 9.86. The summed E-state index contributed by atoms with van der Waals surface area (Å²) in [6.07, 6.45) is -1.44. The molecule has 0 radical (unpaired) electrons. The monoisotopic (exact) mass is 519 g/mol. The minimum absolute atomic E-state index is 0.0375. The quantitative estimate of drug-likeness (QED) is 0.401. The van der Waals surface area contributed by atoms with E-state index in [4.69, 9.17) is 5.73 Å². The van der Waals surface area contributed by atoms with Crippen molar-refractivity contribution in [1.29, 1.82) is 0 Å². The van der Waals surface area contributed by atoms with Crippen molar-refractivity contribution in [2.45, 2.75) is 36.0 Å². The average Bonchev–Trinajstić information content (AvgIpc) is 3.55. The number of amides is 1. The van der Waals surface area contributed by atoms with Gasteiger partial charge in [0.05, 0.1) is 28.4 Å². The van der Waals surface area contributed by atoms with Gasteiger partial charge in [-0.15, -0.1) is 0 Å². The molecule has 1 aliphatic heterocycles. The first kappa shape index (κ1) is 25.1. The molecule has 7 nitrogen and oxygen atoms in total. The molecule has 2 aromatic heterocycles. The van der Waals surface area contributed by atoms with Crippen LogP contribution in [-0.2, 0) is 5.54 Å². The number of aliphatic imine (C=N–C) groups is 1. The summed E-state index contributed by atoms with van der Waals surface area (Å²) in [4.78, 5) is 24.4. The van der Waals surface area contributed by atoms with E-state index in [0.29, 0.717) is 6.42 Å². The van der Waals surface area contributed by atoms with E-state index in [1.165, 1.54) is 6.07 Å². The maximum atomic E-state index is 14.7. The number of nitrogens with one attached hydrogen (secondary N) is 1. The Labute approximate surface area is 199 Å². The van der Waals surface area contributed by atoms with Gasteiger partial charge in [0.15, 0.2) is 11.8 Å². The van der Waals surface area contributed by atoms with Crippen LogP contribution in [0.2, 0.25) is 0 Å². The number of fused-ring (bicyclic) bond motifs is 1. The lowest BCUT2D eigenvalue weighted by Gasteiger charge is -2.33. The van der Waals surface area contributed by atoms with Gasteiger partial charge in [-0.25, -0.2) is 23.1 Å². The standard InChI is InChI=1S/C21H19F6N5O2S/c1-19(14-5-20(14,8-22)35-18(28)32-19)12-4-10(6-30-15(12)23)31-16(33)13-3-2-11(7-29-13)34-9-21(26,27)17(24)25/h2-4,6-7,14,17H,5,8-9H2,1H3,(H2,28,32)(H,31,33)/t14-,19+,20+/m0/s1. The number of hydrogen-bond acceptors (Lipinski definition) is 7. The van der Waals surface area contributed by atoms with Crippen LogP contribution in [0.15, 0.2) is 35.6 Å². The van der Waals surface area contributed by atoms with Crippen LogP contribution < -0.4 is 15.8 Å². The number of alkyl halides is 5. The summed E-state index contributed by atoms with van der Waals surface area (Å²) in [7, 11) is 0. The van der Waals surface area contributed by atoms with Gasteiger partial charge in [-0.2, -0.15) is 13.2 Å². The lowest BCUT2D eigenvalue weighted by Crippen LogP contribution is -2.37. The van der Waals surface area contributed by atoms with Crippen molar-refractivity contribution in [1.82, 2.24) is 9.97 Å². The first-order valence-electron chi connectivity index (χ1n) is 10.2. The molecule has 188 valence electrons. The van der Waals surface area contributed by atoms with Gasteiger partial charge in [0, 0.05) is 11.5 Å². The third kappa shape index (κ3) is 4.75. The maximum absolute atomic E-state index is 14.7. The zero-order chi connectivity index (χ0) is 25.6. The number of rotatable bonds is 8. The number of hydrogen-bond donors (Lipinski definition) is 2. The third-order valence-electron chi connectivity index (χ3n) is 5.94. The molecule has 3 heterocycles. The molecule has 4 rings (SSSR count). The average molecular weight is 519 g/mol. The number of aromatic nitrogens is 2. The van der Waals surface area contributed by atoms with E-state index < -0.39 is 47.8 Å². The van der Waals surface area contributed by atoms with E-state index in [1.807, 2.05) is 0 Å². The number of nitrogens with two attached hydrogens (primary N) is 1. The molecule has 0 spiro atoms. The topological polar surface area (TPSA) is 102 Å². The van der Waals surface area contributed by atoms with Crippen molar-refractivity contribution in [3.8, 4) is 5.75 Å². The fourth-order valence-corrected chi connectivity index (χ4v) is 5.31. The normalized spacial score (nSPS) is 25.6. The van der Waals surface area contributed by atoms with Crippen molar-refractivity contribution < 1.29 is 35.9 Å². The first-order chi connectivity index (χ1) is 16.4. The van der Waals surface area contributed by atoms with Gasteiger partial charge in [0.2, 0.25) is 5.95 Å². The molecule has 2 aromatic rings. The van der Waals surface area contributed by atoms with Crippen LogP contribution in [-0.4, -0.2) is 51.4 Å². The predicted octanol–water partition coefficient (Wildman–Crippen LogP) is 4.15. The number of carbonyl (C=O) groups is 1. The van der Waals surface area contributed by atoms with Gasteiger partial charge >= 0.3 is 12.3 Å². The molecule has 3 atom stereocenters. The zero-order valence-electron chi connectivity index (χ0n) is 18.1. The highest BCUT2D eigenvalue weighted by molar-refractivity contribution is 8.15. The molecule has 1 fully saturated rings. The molecule has 35 heavy (non-hydrogen) atoms. The second-order valence-electron chi connectivity index (χ2n) is 8.40. The van der Waals surface area contributed by atoms with Crippen molar-refractivity contribution in [2.75, 3.05) is 18.6 Å². The van der Waals surface area contributed by atoms with Gasteiger partial charge in [-0.3, -0.25) is 9.79 Å². The number of pyridine rings is 2. The fraction of sp³-hybridized carbons (Fsp3) is 0.429. The summed E-state index contributed by atoms with van der Waals surface area (Å²) in [5.74, 6) is -6.48. The van der Waals surface area contributed by atoms with Crippen LogP contribution in [0, 0.1) is 11.9 Å². The van der Waals surface area contributed by atoms with Crippen molar-refractivity contribution in [2.24, 2.45) is 16.6 Å². The second kappa shape index (κ2) is 8.88. The van der Waals surface area contributed by atoms with Crippen LogP contribution in [0.4, 0.5) is 32.0 Å². The van der Waals surface area contributed by atoms with E-state index in [1.54, 1.807) is 6.92 Å². The van der Waals surface area contributed by atoms with E-state index in [-0.39, 0.29) is 33.8 Å². The van der Waals surface area contributed by atoms with Gasteiger partial charge in [0.25, 0.3) is 5.91 Å². The number of ether oxygens (including phenoxy) is 1. The van der Waals surface area contributed by atoms with Gasteiger partial charge in [0.1, 0.15) is 18.1 Å². The summed E-state index contributed by atoms with van der Waals surface area (Å²) < 4.78 is 82.6. The Bertz CT molecular complexity index is 1170. The number of thioether (sulfide) groups is 1. The lowest BCUT2D eigenvalue weighted by molar-refractivity contribution is -0.148. The van der Waals surface area contributed by atoms with E-state index >= 15 is 0 Å².